The normalized spacial score (nSPS) is 17.9. The molecular formula is C27H33N5O. The summed E-state index contributed by atoms with van der Waals surface area (Å²) < 4.78 is 6.18. The second kappa shape index (κ2) is 10.2. The van der Waals surface area contributed by atoms with Crippen LogP contribution < -0.4 is 15.4 Å². The van der Waals surface area contributed by atoms with Gasteiger partial charge in [-0.25, -0.2) is 4.98 Å². The fraction of sp³-hybridized carbons (Fsp3) is 0.407. The third-order valence-corrected chi connectivity index (χ3v) is 6.87. The second-order valence-corrected chi connectivity index (χ2v) is 9.04. The van der Waals surface area contributed by atoms with Crippen molar-refractivity contribution in [1.29, 1.82) is 0 Å². The van der Waals surface area contributed by atoms with Gasteiger partial charge in [0.05, 0.1) is 6.04 Å². The molecule has 1 aliphatic heterocycles. The molecule has 0 atom stereocenters. The minimum Gasteiger partial charge on any atom is -0.473 e. The average molecular weight is 444 g/mol. The molecule has 0 spiro atoms. The predicted molar refractivity (Wildman–Crippen MR) is 132 cm³/mol. The molecule has 0 unspecified atom stereocenters. The Hall–Kier alpha value is -3.12. The maximum absolute atomic E-state index is 6.50. The Morgan fingerprint density at radius 2 is 1.39 bits per heavy atom. The molecule has 2 heterocycles. The Morgan fingerprint density at radius 3 is 2.00 bits per heavy atom. The number of rotatable bonds is 6. The molecule has 1 aromatic heterocycles. The van der Waals surface area contributed by atoms with Gasteiger partial charge in [-0.15, -0.1) is 0 Å². The van der Waals surface area contributed by atoms with Gasteiger partial charge >= 0.3 is 0 Å². The number of nitrogens with two attached hydrogens (primary N) is 1. The molecule has 0 bridgehead atoms. The molecule has 172 valence electrons. The van der Waals surface area contributed by atoms with Crippen LogP contribution in [0.3, 0.4) is 0 Å². The van der Waals surface area contributed by atoms with Gasteiger partial charge in [0, 0.05) is 26.2 Å². The maximum Gasteiger partial charge on any atom is 0.242 e. The van der Waals surface area contributed by atoms with Crippen LogP contribution in [0.4, 0.5) is 11.5 Å². The summed E-state index contributed by atoms with van der Waals surface area (Å²) in [6, 6.07) is 21.8. The van der Waals surface area contributed by atoms with Crippen LogP contribution in [0.2, 0.25) is 0 Å². The lowest BCUT2D eigenvalue weighted by atomic mass is 9.96. The van der Waals surface area contributed by atoms with Crippen molar-refractivity contribution in [3.8, 4) is 5.88 Å². The van der Waals surface area contributed by atoms with Gasteiger partial charge in [-0.05, 0) is 36.8 Å². The second-order valence-electron chi connectivity index (χ2n) is 9.04. The molecule has 0 amide bonds. The van der Waals surface area contributed by atoms with Crippen LogP contribution in [-0.4, -0.2) is 47.2 Å². The van der Waals surface area contributed by atoms with Crippen LogP contribution in [-0.2, 0) is 0 Å². The summed E-state index contributed by atoms with van der Waals surface area (Å²) in [6.45, 7) is 3.58. The van der Waals surface area contributed by atoms with Gasteiger partial charge in [0.1, 0.15) is 18.1 Å². The highest BCUT2D eigenvalue weighted by Crippen LogP contribution is 2.34. The zero-order valence-electron chi connectivity index (χ0n) is 19.1. The average Bonchev–Trinajstić information content (AvgIpc) is 2.88. The van der Waals surface area contributed by atoms with E-state index >= 15 is 0 Å². The summed E-state index contributed by atoms with van der Waals surface area (Å²) in [7, 11) is 0. The van der Waals surface area contributed by atoms with Crippen LogP contribution in [0, 0.1) is 0 Å². The van der Waals surface area contributed by atoms with Crippen molar-refractivity contribution >= 4 is 11.5 Å². The number of piperazine rings is 1. The van der Waals surface area contributed by atoms with Crippen LogP contribution in [0.25, 0.3) is 0 Å². The molecule has 2 N–H and O–H groups in total. The largest absolute Gasteiger partial charge is 0.473 e. The number of hydrogen-bond acceptors (Lipinski definition) is 6. The fourth-order valence-corrected chi connectivity index (χ4v) is 5.13. The topological polar surface area (TPSA) is 67.5 Å². The van der Waals surface area contributed by atoms with Crippen molar-refractivity contribution in [3.63, 3.8) is 0 Å². The van der Waals surface area contributed by atoms with Gasteiger partial charge in [0.15, 0.2) is 5.82 Å². The van der Waals surface area contributed by atoms with Crippen molar-refractivity contribution in [2.24, 2.45) is 0 Å². The van der Waals surface area contributed by atoms with Crippen molar-refractivity contribution in [2.45, 2.75) is 44.2 Å². The summed E-state index contributed by atoms with van der Waals surface area (Å²) in [6.07, 6.45) is 7.70. The smallest absolute Gasteiger partial charge is 0.242 e. The lowest BCUT2D eigenvalue weighted by Gasteiger charge is -2.40. The Morgan fingerprint density at radius 1 is 0.788 bits per heavy atom. The molecule has 2 aliphatic rings. The molecular weight excluding hydrogens is 410 g/mol. The lowest BCUT2D eigenvalue weighted by Crippen LogP contribution is -2.48. The minimum atomic E-state index is 0.221. The number of aromatic nitrogens is 2. The molecule has 6 nitrogen and oxygen atoms in total. The molecule has 2 aromatic carbocycles. The van der Waals surface area contributed by atoms with E-state index in [2.05, 4.69) is 80.4 Å². The summed E-state index contributed by atoms with van der Waals surface area (Å²) in [4.78, 5) is 13.7. The quantitative estimate of drug-likeness (QED) is 0.597. The Kier molecular flexibility index (Phi) is 6.72. The van der Waals surface area contributed by atoms with E-state index in [4.69, 9.17) is 10.5 Å². The summed E-state index contributed by atoms with van der Waals surface area (Å²) >= 11 is 0. The number of anilines is 2. The molecule has 1 saturated carbocycles. The van der Waals surface area contributed by atoms with Crippen LogP contribution in [0.1, 0.15) is 49.3 Å². The van der Waals surface area contributed by atoms with Gasteiger partial charge in [0.2, 0.25) is 5.88 Å². The third kappa shape index (κ3) is 4.96. The van der Waals surface area contributed by atoms with E-state index in [1.165, 1.54) is 30.4 Å². The molecule has 2 fully saturated rings. The first-order valence-corrected chi connectivity index (χ1v) is 12.2. The zero-order valence-corrected chi connectivity index (χ0v) is 19.1. The first-order chi connectivity index (χ1) is 16.3. The fourth-order valence-electron chi connectivity index (χ4n) is 5.13. The molecule has 6 heteroatoms. The highest BCUT2D eigenvalue weighted by atomic mass is 16.5. The van der Waals surface area contributed by atoms with Gasteiger partial charge in [-0.3, -0.25) is 4.90 Å². The maximum atomic E-state index is 6.50. The highest BCUT2D eigenvalue weighted by molar-refractivity contribution is 5.68. The SMILES string of the molecule is Nc1c(OC2CCCCC2)ncnc1N1CCN(C(c2ccccc2)c2ccccc2)CC1. The number of nitrogens with zero attached hydrogens (tertiary/aromatic N) is 4. The molecule has 1 aliphatic carbocycles. The van der Waals surface area contributed by atoms with Gasteiger partial charge in [0.25, 0.3) is 0 Å². The van der Waals surface area contributed by atoms with Crippen LogP contribution >= 0.6 is 0 Å². The zero-order chi connectivity index (χ0) is 22.5. The molecule has 0 radical (unpaired) electrons. The van der Waals surface area contributed by atoms with E-state index in [9.17, 15) is 0 Å². The number of hydrogen-bond donors (Lipinski definition) is 1. The minimum absolute atomic E-state index is 0.221. The predicted octanol–water partition coefficient (Wildman–Crippen LogP) is 4.68. The molecule has 3 aromatic rings. The third-order valence-electron chi connectivity index (χ3n) is 6.87. The molecule has 33 heavy (non-hydrogen) atoms. The number of ether oxygens (including phenoxy) is 1. The monoisotopic (exact) mass is 443 g/mol. The van der Waals surface area contributed by atoms with Crippen molar-refractivity contribution < 1.29 is 4.74 Å². The highest BCUT2D eigenvalue weighted by Gasteiger charge is 2.28. The van der Waals surface area contributed by atoms with E-state index < -0.39 is 0 Å². The molecule has 5 rings (SSSR count). The number of benzene rings is 2. The van der Waals surface area contributed by atoms with Gasteiger partial charge < -0.3 is 15.4 Å². The van der Waals surface area contributed by atoms with Crippen LogP contribution in [0.5, 0.6) is 5.88 Å². The first-order valence-electron chi connectivity index (χ1n) is 12.2. The van der Waals surface area contributed by atoms with Crippen molar-refractivity contribution in [2.75, 3.05) is 36.8 Å². The van der Waals surface area contributed by atoms with E-state index in [1.54, 1.807) is 6.33 Å². The van der Waals surface area contributed by atoms with Crippen LogP contribution in [0.15, 0.2) is 67.0 Å². The Bertz CT molecular complexity index is 976. The van der Waals surface area contributed by atoms with Gasteiger partial charge in [-0.2, -0.15) is 4.98 Å². The summed E-state index contributed by atoms with van der Waals surface area (Å²) in [5, 5.41) is 0. The van der Waals surface area contributed by atoms with E-state index in [1.807, 2.05) is 0 Å². The van der Waals surface area contributed by atoms with Crippen molar-refractivity contribution in [3.05, 3.63) is 78.1 Å². The van der Waals surface area contributed by atoms with E-state index in [0.29, 0.717) is 11.6 Å². The van der Waals surface area contributed by atoms with Crippen molar-refractivity contribution in [1.82, 2.24) is 14.9 Å². The van der Waals surface area contributed by atoms with E-state index in [0.717, 1.165) is 44.8 Å². The summed E-state index contributed by atoms with van der Waals surface area (Å²) in [5.74, 6) is 1.34. The van der Waals surface area contributed by atoms with E-state index in [-0.39, 0.29) is 12.1 Å². The first kappa shape index (κ1) is 21.7. The lowest BCUT2D eigenvalue weighted by molar-refractivity contribution is 0.149. The van der Waals surface area contributed by atoms with Gasteiger partial charge in [-0.1, -0.05) is 67.1 Å². The standard InChI is InChI=1S/C27H33N5O/c28-24-26(29-20-30-27(24)33-23-14-8-3-9-15-23)32-18-16-31(17-19-32)25(21-10-4-1-5-11-21)22-12-6-2-7-13-22/h1-2,4-7,10-13,20,23,25H,3,8-9,14-19,28H2. The summed E-state index contributed by atoms with van der Waals surface area (Å²) in [5.41, 5.74) is 9.71. The number of nitrogen functional groups attached to an aromatic ring is 1. The molecule has 1 saturated heterocycles. The Balaban J connectivity index is 1.31. The Labute approximate surface area is 196 Å².